The molecule has 0 radical (unpaired) electrons. The van der Waals surface area contributed by atoms with Gasteiger partial charge in [-0.3, -0.25) is 0 Å². The summed E-state index contributed by atoms with van der Waals surface area (Å²) in [4.78, 5) is 0.268. The molecule has 6 heteroatoms. The summed E-state index contributed by atoms with van der Waals surface area (Å²) in [5, 5.41) is 3.13. The Balaban J connectivity index is 2.10. The van der Waals surface area contributed by atoms with Crippen molar-refractivity contribution >= 4 is 10.0 Å². The Kier molecular flexibility index (Phi) is 4.88. The Bertz CT molecular complexity index is 551. The molecule has 114 valence electrons. The molecule has 1 heterocycles. The van der Waals surface area contributed by atoms with Gasteiger partial charge in [-0.05, 0) is 38.6 Å². The van der Waals surface area contributed by atoms with Gasteiger partial charge in [0, 0.05) is 12.1 Å². The smallest absolute Gasteiger partial charge is 0.244 e. The highest BCUT2D eigenvalue weighted by Crippen LogP contribution is 2.27. The predicted molar refractivity (Wildman–Crippen MR) is 78.0 cm³/mol. The molecule has 1 aliphatic rings. The van der Waals surface area contributed by atoms with E-state index in [0.717, 1.165) is 25.8 Å². The molecule has 2 N–H and O–H groups in total. The molecule has 1 aromatic rings. The molecule has 5 nitrogen and oxygen atoms in total. The average molecular weight is 300 g/mol. The first-order chi connectivity index (χ1) is 9.42. The molecule has 0 amide bonds. The Morgan fingerprint density at radius 2 is 2.15 bits per heavy atom. The van der Waals surface area contributed by atoms with E-state index in [2.05, 4.69) is 17.0 Å². The van der Waals surface area contributed by atoms with Crippen LogP contribution in [0.3, 0.4) is 0 Å². The van der Waals surface area contributed by atoms with Gasteiger partial charge in [0.05, 0.1) is 6.54 Å². The lowest BCUT2D eigenvalue weighted by molar-refractivity contribution is 0.459. The second-order valence-corrected chi connectivity index (χ2v) is 7.33. The second-order valence-electron chi connectivity index (χ2n) is 5.65. The third-order valence-corrected chi connectivity index (χ3v) is 5.41. The van der Waals surface area contributed by atoms with Gasteiger partial charge in [0.1, 0.15) is 16.4 Å². The Labute approximate surface area is 121 Å². The van der Waals surface area contributed by atoms with Crippen molar-refractivity contribution in [1.82, 2.24) is 10.0 Å². The zero-order chi connectivity index (χ0) is 14.8. The van der Waals surface area contributed by atoms with Crippen molar-refractivity contribution < 1.29 is 12.8 Å². The second kappa shape index (κ2) is 6.28. The summed E-state index contributed by atoms with van der Waals surface area (Å²) in [6.07, 6.45) is 2.92. The highest BCUT2D eigenvalue weighted by atomic mass is 32.2. The van der Waals surface area contributed by atoms with Crippen LogP contribution in [0.4, 0.5) is 0 Å². The third kappa shape index (κ3) is 3.62. The van der Waals surface area contributed by atoms with Crippen molar-refractivity contribution in [2.75, 3.05) is 6.54 Å². The van der Waals surface area contributed by atoms with Gasteiger partial charge in [-0.2, -0.15) is 0 Å². The number of sulfonamides is 1. The van der Waals surface area contributed by atoms with Crippen LogP contribution in [0.2, 0.25) is 0 Å². The fourth-order valence-corrected chi connectivity index (χ4v) is 4.21. The van der Waals surface area contributed by atoms with Crippen LogP contribution < -0.4 is 10.0 Å². The summed E-state index contributed by atoms with van der Waals surface area (Å²) in [6, 6.07) is 1.68. The molecule has 1 saturated carbocycles. The lowest BCUT2D eigenvalue weighted by atomic mass is 10.1. The minimum absolute atomic E-state index is 0.0570. The van der Waals surface area contributed by atoms with E-state index in [0.29, 0.717) is 24.0 Å². The maximum Gasteiger partial charge on any atom is 0.244 e. The highest BCUT2D eigenvalue weighted by molar-refractivity contribution is 7.89. The quantitative estimate of drug-likeness (QED) is 0.844. The number of hydrogen-bond donors (Lipinski definition) is 2. The van der Waals surface area contributed by atoms with E-state index in [1.54, 1.807) is 13.0 Å². The van der Waals surface area contributed by atoms with Crippen molar-refractivity contribution in [3.8, 4) is 0 Å². The Morgan fingerprint density at radius 3 is 2.75 bits per heavy atom. The summed E-state index contributed by atoms with van der Waals surface area (Å²) in [7, 11) is -3.47. The Morgan fingerprint density at radius 1 is 1.40 bits per heavy atom. The Hall–Kier alpha value is -0.850. The number of rotatable bonds is 6. The number of aryl methyl sites for hydroxylation is 1. The van der Waals surface area contributed by atoms with E-state index >= 15 is 0 Å². The molecule has 20 heavy (non-hydrogen) atoms. The minimum atomic E-state index is -3.47. The van der Waals surface area contributed by atoms with Crippen molar-refractivity contribution in [2.24, 2.45) is 5.92 Å². The van der Waals surface area contributed by atoms with E-state index in [-0.39, 0.29) is 10.9 Å². The average Bonchev–Trinajstić information content (AvgIpc) is 2.93. The van der Waals surface area contributed by atoms with Crippen LogP contribution in [0, 0.1) is 12.8 Å². The highest BCUT2D eigenvalue weighted by Gasteiger charge is 2.28. The van der Waals surface area contributed by atoms with Gasteiger partial charge in [-0.25, -0.2) is 13.1 Å². The van der Waals surface area contributed by atoms with Gasteiger partial charge in [0.25, 0.3) is 0 Å². The minimum Gasteiger partial charge on any atom is -0.464 e. The molecule has 1 aliphatic carbocycles. The predicted octanol–water partition coefficient (Wildman–Crippen LogP) is 2.16. The van der Waals surface area contributed by atoms with Gasteiger partial charge < -0.3 is 9.73 Å². The molecular weight excluding hydrogens is 276 g/mol. The van der Waals surface area contributed by atoms with Gasteiger partial charge >= 0.3 is 0 Å². The molecule has 0 saturated heterocycles. The molecular formula is C14H24N2O3S. The van der Waals surface area contributed by atoms with Crippen LogP contribution in [0.25, 0.3) is 0 Å². The van der Waals surface area contributed by atoms with E-state index < -0.39 is 10.0 Å². The molecule has 2 rings (SSSR count). The molecule has 1 aromatic heterocycles. The summed E-state index contributed by atoms with van der Waals surface area (Å²) < 4.78 is 33.1. The molecule has 1 fully saturated rings. The summed E-state index contributed by atoms with van der Waals surface area (Å²) in [6.45, 7) is 7.22. The lowest BCUT2D eigenvalue weighted by Crippen LogP contribution is -2.33. The van der Waals surface area contributed by atoms with Gasteiger partial charge in [0.15, 0.2) is 0 Å². The summed E-state index contributed by atoms with van der Waals surface area (Å²) in [5.74, 6) is 1.71. The maximum absolute atomic E-state index is 12.4. The van der Waals surface area contributed by atoms with Crippen molar-refractivity contribution in [2.45, 2.75) is 57.5 Å². The van der Waals surface area contributed by atoms with E-state index in [4.69, 9.17) is 4.42 Å². The largest absolute Gasteiger partial charge is 0.464 e. The molecule has 0 aromatic carbocycles. The maximum atomic E-state index is 12.4. The van der Waals surface area contributed by atoms with Gasteiger partial charge in [-0.1, -0.05) is 13.8 Å². The zero-order valence-corrected chi connectivity index (χ0v) is 13.2. The standard InChI is InChI=1S/C14H24N2O3S/c1-4-15-9-13-8-14(11(3)19-13)20(17,18)16-12-6-5-10(2)7-12/h8,10,12,15-16H,4-7,9H2,1-3H3. The van der Waals surface area contributed by atoms with Crippen LogP contribution in [0.15, 0.2) is 15.4 Å². The molecule has 0 bridgehead atoms. The first-order valence-electron chi connectivity index (χ1n) is 7.24. The fraction of sp³-hybridized carbons (Fsp3) is 0.714. The fourth-order valence-electron chi connectivity index (χ4n) is 2.72. The third-order valence-electron chi connectivity index (χ3n) is 3.78. The monoisotopic (exact) mass is 300 g/mol. The molecule has 2 unspecified atom stereocenters. The number of furan rings is 1. The first-order valence-corrected chi connectivity index (χ1v) is 8.73. The summed E-state index contributed by atoms with van der Waals surface area (Å²) >= 11 is 0. The van der Waals surface area contributed by atoms with E-state index in [1.807, 2.05) is 6.92 Å². The van der Waals surface area contributed by atoms with Crippen molar-refractivity contribution in [3.63, 3.8) is 0 Å². The lowest BCUT2D eigenvalue weighted by Gasteiger charge is -2.12. The number of nitrogens with one attached hydrogen (secondary N) is 2. The normalized spacial score (nSPS) is 23.4. The van der Waals surface area contributed by atoms with E-state index in [1.165, 1.54) is 0 Å². The van der Waals surface area contributed by atoms with Crippen LogP contribution in [-0.4, -0.2) is 21.0 Å². The van der Waals surface area contributed by atoms with Crippen LogP contribution in [0.1, 0.15) is 44.6 Å². The van der Waals surface area contributed by atoms with Crippen molar-refractivity contribution in [3.05, 3.63) is 17.6 Å². The molecule has 2 atom stereocenters. The van der Waals surface area contributed by atoms with Gasteiger partial charge in [-0.15, -0.1) is 0 Å². The van der Waals surface area contributed by atoms with Crippen LogP contribution >= 0.6 is 0 Å². The topological polar surface area (TPSA) is 71.3 Å². The van der Waals surface area contributed by atoms with E-state index in [9.17, 15) is 8.42 Å². The van der Waals surface area contributed by atoms with Crippen LogP contribution in [0.5, 0.6) is 0 Å². The SMILES string of the molecule is CCNCc1cc(S(=O)(=O)NC2CCC(C)C2)c(C)o1. The van der Waals surface area contributed by atoms with Crippen molar-refractivity contribution in [1.29, 1.82) is 0 Å². The molecule has 0 spiro atoms. The first kappa shape index (κ1) is 15.5. The summed E-state index contributed by atoms with van der Waals surface area (Å²) in [5.41, 5.74) is 0. The zero-order valence-electron chi connectivity index (χ0n) is 12.4. The van der Waals surface area contributed by atoms with Gasteiger partial charge in [0.2, 0.25) is 10.0 Å². The van der Waals surface area contributed by atoms with Crippen LogP contribution in [-0.2, 0) is 16.6 Å². The number of hydrogen-bond acceptors (Lipinski definition) is 4. The molecule has 0 aliphatic heterocycles.